The fraction of sp³-hybridized carbons (Fsp3) is 0.436. The molecule has 0 bridgehead atoms. The zero-order chi connectivity index (χ0) is 32.2. The molecule has 0 N–H and O–H groups in total. The topological polar surface area (TPSA) is 0 Å². The molecule has 4 atom stereocenters. The van der Waals surface area contributed by atoms with Crippen LogP contribution >= 0.6 is 17.0 Å². The van der Waals surface area contributed by atoms with Crippen molar-refractivity contribution in [1.82, 2.24) is 0 Å². The Bertz CT molecular complexity index is 1610. The molecular weight excluding hydrogens is 687 g/mol. The van der Waals surface area contributed by atoms with Crippen molar-refractivity contribution in [3.05, 3.63) is 99.6 Å². The average molecular weight is 740 g/mol. The third kappa shape index (κ3) is 5.53. The summed E-state index contributed by atoms with van der Waals surface area (Å²) in [5, 5.41) is 1.50. The first-order valence-corrected chi connectivity index (χ1v) is 36.9. The van der Waals surface area contributed by atoms with Crippen molar-refractivity contribution < 1.29 is 15.6 Å². The molecule has 235 valence electrons. The molecule has 0 heterocycles. The molecular formula is C39H53Cl2Si2Zr. The predicted molar refractivity (Wildman–Crippen MR) is 202 cm³/mol. The Kier molecular flexibility index (Phi) is 9.82. The molecule has 0 saturated heterocycles. The quantitative estimate of drug-likeness (QED) is 0.182. The van der Waals surface area contributed by atoms with Crippen LogP contribution in [0.25, 0.3) is 23.3 Å². The fourth-order valence-electron chi connectivity index (χ4n) is 8.03. The van der Waals surface area contributed by atoms with Gasteiger partial charge in [-0.2, -0.15) is 0 Å². The second kappa shape index (κ2) is 12.6. The first-order chi connectivity index (χ1) is 20.7. The second-order valence-corrected chi connectivity index (χ2v) is 62.7. The molecule has 44 heavy (non-hydrogen) atoms. The molecule has 0 saturated carbocycles. The van der Waals surface area contributed by atoms with Gasteiger partial charge in [0, 0.05) is 0 Å². The number of fused-ring (bicyclic) bond motifs is 2. The van der Waals surface area contributed by atoms with Crippen LogP contribution in [0.15, 0.2) is 71.8 Å². The van der Waals surface area contributed by atoms with Crippen LogP contribution in [0.3, 0.4) is 0 Å². The molecule has 3 aromatic rings. The van der Waals surface area contributed by atoms with Crippen LogP contribution in [0.2, 0.25) is 32.7 Å². The van der Waals surface area contributed by atoms with Gasteiger partial charge in [-0.05, 0) is 0 Å². The normalized spacial score (nSPS) is 20.4. The average Bonchev–Trinajstić information content (AvgIpc) is 3.60. The van der Waals surface area contributed by atoms with Gasteiger partial charge in [-0.15, -0.1) is 0 Å². The van der Waals surface area contributed by atoms with Gasteiger partial charge in [0.2, 0.25) is 0 Å². The summed E-state index contributed by atoms with van der Waals surface area (Å²) in [7, 11) is 16.0. The molecule has 2 aliphatic rings. The number of rotatable bonds is 10. The number of hydrogen-bond acceptors (Lipinski definition) is 0. The molecule has 2 aliphatic carbocycles. The third-order valence-electron chi connectivity index (χ3n) is 11.3. The van der Waals surface area contributed by atoms with Crippen LogP contribution in [-0.4, -0.2) is 14.0 Å². The number of allylic oxidation sites excluding steroid dienone is 2. The SMILES string of the molecule is CCC1=Cc2c(-c3ccc([Si](C)(C)C)cc3)cccc2[CH]1[Zr]([Cl])([Cl])([CH]1C(C(C)CC)=Cc2c(C(C)CC)cccc21)[SiH](C)C. The Labute approximate surface area is 278 Å². The Morgan fingerprint density at radius 2 is 1.34 bits per heavy atom. The zero-order valence-electron chi connectivity index (χ0n) is 28.7. The van der Waals surface area contributed by atoms with Gasteiger partial charge < -0.3 is 0 Å². The van der Waals surface area contributed by atoms with Crippen LogP contribution in [0.4, 0.5) is 0 Å². The molecule has 0 aromatic heterocycles. The van der Waals surface area contributed by atoms with E-state index in [0.717, 1.165) is 19.3 Å². The van der Waals surface area contributed by atoms with Gasteiger partial charge in [0.25, 0.3) is 0 Å². The Balaban J connectivity index is 1.75. The summed E-state index contributed by atoms with van der Waals surface area (Å²) in [4.78, 5) is 0. The summed E-state index contributed by atoms with van der Waals surface area (Å²) in [6.07, 6.45) is 8.25. The van der Waals surface area contributed by atoms with E-state index in [1.807, 2.05) is 0 Å². The maximum absolute atomic E-state index is 8.66. The van der Waals surface area contributed by atoms with E-state index in [-0.39, 0.29) is 7.25 Å². The van der Waals surface area contributed by atoms with E-state index in [4.69, 9.17) is 17.0 Å². The van der Waals surface area contributed by atoms with Crippen LogP contribution in [-0.2, 0) is 15.6 Å². The van der Waals surface area contributed by atoms with Gasteiger partial charge in [0.05, 0.1) is 0 Å². The van der Waals surface area contributed by atoms with Crippen molar-refractivity contribution in [2.75, 3.05) is 0 Å². The van der Waals surface area contributed by atoms with E-state index in [1.165, 1.54) is 55.3 Å². The number of hydrogen-bond donors (Lipinski definition) is 0. The van der Waals surface area contributed by atoms with Gasteiger partial charge in [-0.3, -0.25) is 0 Å². The van der Waals surface area contributed by atoms with E-state index >= 15 is 0 Å². The predicted octanol–water partition coefficient (Wildman–Crippen LogP) is 12.4. The fourth-order valence-corrected chi connectivity index (χ4v) is 40.7. The van der Waals surface area contributed by atoms with Gasteiger partial charge >= 0.3 is 280 Å². The molecule has 0 amide bonds. The van der Waals surface area contributed by atoms with Crippen molar-refractivity contribution in [3.63, 3.8) is 0 Å². The van der Waals surface area contributed by atoms with Crippen molar-refractivity contribution in [2.45, 2.75) is 99.8 Å². The monoisotopic (exact) mass is 737 g/mol. The second-order valence-electron chi connectivity index (χ2n) is 15.1. The van der Waals surface area contributed by atoms with Crippen molar-refractivity contribution in [3.8, 4) is 11.1 Å². The van der Waals surface area contributed by atoms with Crippen molar-refractivity contribution >= 4 is 48.4 Å². The molecule has 0 nitrogen and oxygen atoms in total. The van der Waals surface area contributed by atoms with Crippen molar-refractivity contribution in [1.29, 1.82) is 0 Å². The zero-order valence-corrected chi connectivity index (χ0v) is 34.8. The van der Waals surface area contributed by atoms with E-state index < -0.39 is 29.6 Å². The third-order valence-corrected chi connectivity index (χ3v) is 65.1. The first kappa shape index (κ1) is 34.4. The maximum atomic E-state index is 8.66. The molecule has 0 radical (unpaired) electrons. The Hall–Kier alpha value is -0.963. The summed E-state index contributed by atoms with van der Waals surface area (Å²) in [5.74, 6) is -0.628. The standard InChI is InChI=1S/C20H23Si.C17H23.C2H7Si.2ClH.Zr/c1-5-15-13-17-7-6-8-19(20(17)14-15)16-9-11-18(12-10-16)21(2,3)4;1-5-12(3)15-10-14-8-7-9-16(13(4)6-2)17(14)11-15;1-3-2;;;/h6-14H,5H2,1-4H3;7-13H,5-6H2,1-4H3;3H,1-2H3;2*1H;/q;;;;;+2/p-2. The first-order valence-electron chi connectivity index (χ1n) is 17.0. The molecule has 0 aliphatic heterocycles. The van der Waals surface area contributed by atoms with Gasteiger partial charge in [-0.25, -0.2) is 0 Å². The van der Waals surface area contributed by atoms with Gasteiger partial charge in [0.15, 0.2) is 0 Å². The van der Waals surface area contributed by atoms with Crippen molar-refractivity contribution in [2.24, 2.45) is 5.92 Å². The van der Waals surface area contributed by atoms with Crippen LogP contribution in [0.5, 0.6) is 0 Å². The van der Waals surface area contributed by atoms with Crippen LogP contribution in [0.1, 0.15) is 94.9 Å². The summed E-state index contributed by atoms with van der Waals surface area (Å²) < 4.78 is 0.300. The number of benzene rings is 3. The van der Waals surface area contributed by atoms with Crippen LogP contribution in [0, 0.1) is 5.92 Å². The van der Waals surface area contributed by atoms with E-state index in [2.05, 4.69) is 140 Å². The summed E-state index contributed by atoms with van der Waals surface area (Å²) >= 11 is -4.76. The molecule has 5 rings (SSSR count). The molecule has 4 unspecified atom stereocenters. The molecule has 3 aromatic carbocycles. The van der Waals surface area contributed by atoms with E-state index in [0.29, 0.717) is 11.8 Å². The molecule has 0 spiro atoms. The Morgan fingerprint density at radius 1 is 0.750 bits per heavy atom. The molecule has 0 fully saturated rings. The Morgan fingerprint density at radius 3 is 1.89 bits per heavy atom. The van der Waals surface area contributed by atoms with Gasteiger partial charge in [0.1, 0.15) is 0 Å². The van der Waals surface area contributed by atoms with Gasteiger partial charge in [-0.1, -0.05) is 0 Å². The summed E-state index contributed by atoms with van der Waals surface area (Å²) in [6.45, 7) is 23.9. The summed E-state index contributed by atoms with van der Waals surface area (Å²) in [5.41, 5.74) is 12.6. The van der Waals surface area contributed by atoms with E-state index in [9.17, 15) is 0 Å². The molecule has 5 heteroatoms. The van der Waals surface area contributed by atoms with Crippen LogP contribution < -0.4 is 5.19 Å². The minimum atomic E-state index is -4.76. The number of halogens is 2. The summed E-state index contributed by atoms with van der Waals surface area (Å²) in [6, 6.07) is 23.4. The van der Waals surface area contributed by atoms with E-state index in [1.54, 1.807) is 0 Å². The minimum absolute atomic E-state index is 0.142.